The van der Waals surface area contributed by atoms with Crippen molar-refractivity contribution >= 4 is 23.5 Å². The Bertz CT molecular complexity index is 541. The van der Waals surface area contributed by atoms with Gasteiger partial charge in [-0.2, -0.15) is 0 Å². The lowest BCUT2D eigenvalue weighted by Gasteiger charge is -2.27. The van der Waals surface area contributed by atoms with Crippen molar-refractivity contribution in [2.45, 2.75) is 25.8 Å². The van der Waals surface area contributed by atoms with Crippen LogP contribution < -0.4 is 5.32 Å². The monoisotopic (exact) mass is 308 g/mol. The molecular weight excluding hydrogens is 288 g/mol. The predicted octanol–water partition coefficient (Wildman–Crippen LogP) is 1.51. The Morgan fingerprint density at radius 2 is 1.77 bits per heavy atom. The molecule has 7 nitrogen and oxygen atoms in total. The van der Waals surface area contributed by atoms with E-state index in [2.05, 4.69) is 5.32 Å². The van der Waals surface area contributed by atoms with Crippen molar-refractivity contribution in [2.75, 3.05) is 18.9 Å². The minimum Gasteiger partial charge on any atom is -0.481 e. The van der Waals surface area contributed by atoms with Crippen molar-refractivity contribution in [1.82, 2.24) is 4.90 Å². The fraction of sp³-hybridized carbons (Fsp3) is 0.400. The maximum absolute atomic E-state index is 12.5. The van der Waals surface area contributed by atoms with E-state index in [1.165, 1.54) is 4.90 Å². The molecule has 7 heteroatoms. The first-order valence-corrected chi connectivity index (χ1v) is 6.94. The first kappa shape index (κ1) is 17.5. The summed E-state index contributed by atoms with van der Waals surface area (Å²) in [5.41, 5.74) is 1.20. The molecule has 1 aromatic carbocycles. The minimum atomic E-state index is -1.21. The number of carbonyl (C=O) groups excluding carboxylic acids is 1. The van der Waals surface area contributed by atoms with Crippen LogP contribution in [0.3, 0.4) is 0 Å². The lowest BCUT2D eigenvalue weighted by molar-refractivity contribution is -0.143. The standard InChI is InChI=1S/C15H20N2O5/c1-3-17(12(15(21)22)8-9-13(18)19)14(20)10-4-6-11(16-2)7-5-10/h4-7,12,16H,3,8-9H2,1-2H3,(H,18,19)(H,21,22)/t12-/m0/s1. The fourth-order valence-electron chi connectivity index (χ4n) is 2.12. The topological polar surface area (TPSA) is 107 Å². The molecule has 0 saturated carbocycles. The normalized spacial score (nSPS) is 11.5. The Kier molecular flexibility index (Phi) is 6.37. The maximum Gasteiger partial charge on any atom is 0.326 e. The van der Waals surface area contributed by atoms with Crippen LogP contribution in [0.5, 0.6) is 0 Å². The molecule has 0 saturated heterocycles. The van der Waals surface area contributed by atoms with Gasteiger partial charge in [-0.15, -0.1) is 0 Å². The van der Waals surface area contributed by atoms with Gasteiger partial charge in [0, 0.05) is 31.3 Å². The number of nitrogens with zero attached hydrogens (tertiary/aromatic N) is 1. The van der Waals surface area contributed by atoms with Gasteiger partial charge in [-0.3, -0.25) is 9.59 Å². The zero-order valence-corrected chi connectivity index (χ0v) is 12.6. The third-order valence-corrected chi connectivity index (χ3v) is 3.31. The molecule has 1 amide bonds. The minimum absolute atomic E-state index is 0.126. The lowest BCUT2D eigenvalue weighted by atomic mass is 10.1. The van der Waals surface area contributed by atoms with Gasteiger partial charge in [0.2, 0.25) is 0 Å². The second-order valence-electron chi connectivity index (χ2n) is 4.70. The number of benzene rings is 1. The number of rotatable bonds is 8. The molecule has 0 bridgehead atoms. The number of carbonyl (C=O) groups is 3. The highest BCUT2D eigenvalue weighted by Gasteiger charge is 2.29. The summed E-state index contributed by atoms with van der Waals surface area (Å²) in [7, 11) is 1.75. The van der Waals surface area contributed by atoms with E-state index in [9.17, 15) is 19.5 Å². The molecular formula is C15H20N2O5. The van der Waals surface area contributed by atoms with Crippen LogP contribution in [0, 0.1) is 0 Å². The van der Waals surface area contributed by atoms with Gasteiger partial charge in [0.05, 0.1) is 0 Å². The van der Waals surface area contributed by atoms with Gasteiger partial charge in [-0.25, -0.2) is 4.79 Å². The molecule has 0 spiro atoms. The van der Waals surface area contributed by atoms with Crippen LogP contribution in [0.1, 0.15) is 30.1 Å². The van der Waals surface area contributed by atoms with Gasteiger partial charge in [0.1, 0.15) is 6.04 Å². The zero-order valence-electron chi connectivity index (χ0n) is 12.6. The zero-order chi connectivity index (χ0) is 16.7. The van der Waals surface area contributed by atoms with E-state index in [-0.39, 0.29) is 19.4 Å². The number of aliphatic carboxylic acids is 2. The summed E-state index contributed by atoms with van der Waals surface area (Å²) in [5, 5.41) is 20.9. The highest BCUT2D eigenvalue weighted by molar-refractivity contribution is 5.97. The van der Waals surface area contributed by atoms with Crippen molar-refractivity contribution in [1.29, 1.82) is 0 Å². The molecule has 120 valence electrons. The summed E-state index contributed by atoms with van der Waals surface area (Å²) in [6.45, 7) is 1.85. The van der Waals surface area contributed by atoms with Gasteiger partial charge in [-0.1, -0.05) is 0 Å². The first-order chi connectivity index (χ1) is 10.4. The lowest BCUT2D eigenvalue weighted by Crippen LogP contribution is -2.45. The number of carboxylic acids is 2. The Hall–Kier alpha value is -2.57. The molecule has 3 N–H and O–H groups in total. The van der Waals surface area contributed by atoms with Crippen LogP contribution in [0.15, 0.2) is 24.3 Å². The van der Waals surface area contributed by atoms with Crippen molar-refractivity contribution in [3.8, 4) is 0 Å². The molecule has 1 rings (SSSR count). The molecule has 0 unspecified atom stereocenters. The summed E-state index contributed by atoms with van der Waals surface area (Å²) in [4.78, 5) is 35.6. The molecule has 1 aromatic rings. The smallest absolute Gasteiger partial charge is 0.326 e. The van der Waals surface area contributed by atoms with Gasteiger partial charge in [0.15, 0.2) is 0 Å². The molecule has 0 aliphatic carbocycles. The quantitative estimate of drug-likeness (QED) is 0.672. The molecule has 0 heterocycles. The van der Waals surface area contributed by atoms with Crippen LogP contribution in [0.2, 0.25) is 0 Å². The predicted molar refractivity (Wildman–Crippen MR) is 81.0 cm³/mol. The van der Waals surface area contributed by atoms with Crippen molar-refractivity contribution in [3.05, 3.63) is 29.8 Å². The van der Waals surface area contributed by atoms with E-state index in [0.29, 0.717) is 5.56 Å². The number of likely N-dealkylation sites (N-methyl/N-ethyl adjacent to an activating group) is 1. The van der Waals surface area contributed by atoms with Crippen LogP contribution in [-0.4, -0.2) is 52.6 Å². The third kappa shape index (κ3) is 4.47. The largest absolute Gasteiger partial charge is 0.481 e. The third-order valence-electron chi connectivity index (χ3n) is 3.31. The van der Waals surface area contributed by atoms with E-state index in [4.69, 9.17) is 5.11 Å². The van der Waals surface area contributed by atoms with Crippen molar-refractivity contribution in [2.24, 2.45) is 0 Å². The first-order valence-electron chi connectivity index (χ1n) is 6.94. The van der Waals surface area contributed by atoms with Gasteiger partial charge < -0.3 is 20.4 Å². The van der Waals surface area contributed by atoms with E-state index in [0.717, 1.165) is 5.69 Å². The Morgan fingerprint density at radius 3 is 2.18 bits per heavy atom. The van der Waals surface area contributed by atoms with Crippen LogP contribution in [0.4, 0.5) is 5.69 Å². The van der Waals surface area contributed by atoms with Gasteiger partial charge in [-0.05, 0) is 37.6 Å². The van der Waals surface area contributed by atoms with Crippen LogP contribution >= 0.6 is 0 Å². The Morgan fingerprint density at radius 1 is 1.18 bits per heavy atom. The summed E-state index contributed by atoms with van der Waals surface area (Å²) in [6.07, 6.45) is -0.432. The number of hydrogen-bond donors (Lipinski definition) is 3. The molecule has 0 radical (unpaired) electrons. The summed E-state index contributed by atoms with van der Waals surface area (Å²) >= 11 is 0. The number of hydrogen-bond acceptors (Lipinski definition) is 4. The van der Waals surface area contributed by atoms with Crippen LogP contribution in [-0.2, 0) is 9.59 Å². The fourth-order valence-corrected chi connectivity index (χ4v) is 2.12. The Balaban J connectivity index is 2.96. The maximum atomic E-state index is 12.5. The molecule has 0 fully saturated rings. The Labute approximate surface area is 128 Å². The SMILES string of the molecule is CCN(C(=O)c1ccc(NC)cc1)[C@@H](CCC(=O)O)C(=O)O. The average Bonchev–Trinajstić information content (AvgIpc) is 2.50. The van der Waals surface area contributed by atoms with E-state index >= 15 is 0 Å². The van der Waals surface area contributed by atoms with E-state index in [1.807, 2.05) is 0 Å². The highest BCUT2D eigenvalue weighted by Crippen LogP contribution is 2.15. The summed E-state index contributed by atoms with van der Waals surface area (Å²) in [5.74, 6) is -2.72. The van der Waals surface area contributed by atoms with Crippen molar-refractivity contribution in [3.63, 3.8) is 0 Å². The number of amides is 1. The van der Waals surface area contributed by atoms with E-state index < -0.39 is 23.9 Å². The molecule has 1 atom stereocenters. The number of carboxylic acid groups (broad SMARTS) is 2. The second kappa shape index (κ2) is 8.02. The molecule has 0 aliphatic rings. The van der Waals surface area contributed by atoms with Gasteiger partial charge in [0.25, 0.3) is 5.91 Å². The van der Waals surface area contributed by atoms with Crippen LogP contribution in [0.25, 0.3) is 0 Å². The average molecular weight is 308 g/mol. The highest BCUT2D eigenvalue weighted by atomic mass is 16.4. The summed E-state index contributed by atoms with van der Waals surface area (Å²) < 4.78 is 0. The summed E-state index contributed by atoms with van der Waals surface area (Å²) in [6, 6.07) is 5.49. The number of nitrogens with one attached hydrogen (secondary N) is 1. The molecule has 0 aromatic heterocycles. The van der Waals surface area contributed by atoms with Gasteiger partial charge >= 0.3 is 11.9 Å². The molecule has 0 aliphatic heterocycles. The van der Waals surface area contributed by atoms with Crippen molar-refractivity contribution < 1.29 is 24.6 Å². The number of anilines is 1. The second-order valence-corrected chi connectivity index (χ2v) is 4.70. The molecule has 22 heavy (non-hydrogen) atoms. The van der Waals surface area contributed by atoms with E-state index in [1.54, 1.807) is 38.2 Å².